The van der Waals surface area contributed by atoms with Crippen LogP contribution in [-0.2, 0) is 11.2 Å². The van der Waals surface area contributed by atoms with E-state index in [2.05, 4.69) is 10.3 Å². The maximum absolute atomic E-state index is 11.4. The molecule has 4 N–H and O–H groups in total. The number of carbonyl (C=O) groups excluding carboxylic acids is 1. The molecule has 0 aliphatic carbocycles. The van der Waals surface area contributed by atoms with Gasteiger partial charge in [0.15, 0.2) is 0 Å². The lowest BCUT2D eigenvalue weighted by atomic mass is 10.2. The number of ether oxygens (including phenoxy) is 1. The van der Waals surface area contributed by atoms with E-state index >= 15 is 0 Å². The van der Waals surface area contributed by atoms with Gasteiger partial charge in [0.1, 0.15) is 10.6 Å². The van der Waals surface area contributed by atoms with Gasteiger partial charge < -0.3 is 20.8 Å². The average molecular weight is 297 g/mol. The van der Waals surface area contributed by atoms with Crippen molar-refractivity contribution in [1.29, 1.82) is 0 Å². The van der Waals surface area contributed by atoms with E-state index in [1.54, 1.807) is 0 Å². The molecule has 0 aliphatic heterocycles. The quantitative estimate of drug-likeness (QED) is 0.557. The molecule has 1 rings (SSSR count). The molecule has 0 saturated carbocycles. The lowest BCUT2D eigenvalue weighted by Crippen LogP contribution is -2.33. The second kappa shape index (κ2) is 7.28. The monoisotopic (exact) mass is 297 g/mol. The lowest BCUT2D eigenvalue weighted by molar-refractivity contribution is 0.0527. The smallest absolute Gasteiger partial charge is 0.407 e. The molecule has 20 heavy (non-hydrogen) atoms. The molecule has 0 aromatic carbocycles. The third-order valence-electron chi connectivity index (χ3n) is 2.57. The lowest BCUT2D eigenvalue weighted by Gasteiger charge is -2.19. The number of thiocarbonyl (C=S) groups is 1. The van der Waals surface area contributed by atoms with E-state index in [1.165, 1.54) is 0 Å². The van der Waals surface area contributed by atoms with E-state index < -0.39 is 5.60 Å². The van der Waals surface area contributed by atoms with Gasteiger partial charge in [-0.2, -0.15) is 0 Å². The summed E-state index contributed by atoms with van der Waals surface area (Å²) in [6.07, 6.45) is 4.20. The van der Waals surface area contributed by atoms with Crippen molar-refractivity contribution in [1.82, 2.24) is 10.3 Å². The molecule has 0 saturated heterocycles. The van der Waals surface area contributed by atoms with Gasteiger partial charge in [-0.15, -0.1) is 0 Å². The van der Waals surface area contributed by atoms with Crippen LogP contribution in [0.5, 0.6) is 0 Å². The Hall–Kier alpha value is -1.56. The SMILES string of the molecule is CC(C)(C)OC(=O)NCCCCc1cc(C(N)=S)c[nH]1. The van der Waals surface area contributed by atoms with Gasteiger partial charge in [-0.3, -0.25) is 0 Å². The molecule has 0 bridgehead atoms. The highest BCUT2D eigenvalue weighted by Crippen LogP contribution is 2.08. The van der Waals surface area contributed by atoms with Crippen molar-refractivity contribution < 1.29 is 9.53 Å². The van der Waals surface area contributed by atoms with E-state index in [0.29, 0.717) is 11.5 Å². The molecular weight excluding hydrogens is 274 g/mol. The van der Waals surface area contributed by atoms with Crippen LogP contribution in [0.2, 0.25) is 0 Å². The van der Waals surface area contributed by atoms with E-state index in [1.807, 2.05) is 33.0 Å². The first kappa shape index (κ1) is 16.5. The van der Waals surface area contributed by atoms with Crippen molar-refractivity contribution >= 4 is 23.3 Å². The van der Waals surface area contributed by atoms with Crippen molar-refractivity contribution in [3.63, 3.8) is 0 Å². The van der Waals surface area contributed by atoms with Crippen molar-refractivity contribution in [2.24, 2.45) is 5.73 Å². The summed E-state index contributed by atoms with van der Waals surface area (Å²) in [4.78, 5) is 14.9. The summed E-state index contributed by atoms with van der Waals surface area (Å²) < 4.78 is 5.15. The molecule has 6 heteroatoms. The number of aromatic nitrogens is 1. The number of rotatable bonds is 6. The van der Waals surface area contributed by atoms with Gasteiger partial charge in [0.25, 0.3) is 0 Å². The summed E-state index contributed by atoms with van der Waals surface area (Å²) in [6.45, 7) is 6.14. The highest BCUT2D eigenvalue weighted by Gasteiger charge is 2.15. The van der Waals surface area contributed by atoms with Crippen LogP contribution in [0, 0.1) is 0 Å². The maximum atomic E-state index is 11.4. The average Bonchev–Trinajstić information content (AvgIpc) is 2.75. The first-order valence-electron chi connectivity index (χ1n) is 6.72. The Balaban J connectivity index is 2.16. The Bertz CT molecular complexity index is 463. The first-order valence-corrected chi connectivity index (χ1v) is 7.13. The van der Waals surface area contributed by atoms with Crippen molar-refractivity contribution in [3.05, 3.63) is 23.5 Å². The maximum Gasteiger partial charge on any atom is 0.407 e. The minimum atomic E-state index is -0.453. The second-order valence-corrected chi connectivity index (χ2v) is 6.10. The molecule has 1 aromatic heterocycles. The fraction of sp³-hybridized carbons (Fsp3) is 0.571. The number of hydrogen-bond acceptors (Lipinski definition) is 3. The summed E-state index contributed by atoms with van der Waals surface area (Å²) in [5.74, 6) is 0. The summed E-state index contributed by atoms with van der Waals surface area (Å²) >= 11 is 4.90. The van der Waals surface area contributed by atoms with Gasteiger partial charge >= 0.3 is 6.09 Å². The van der Waals surface area contributed by atoms with Gasteiger partial charge in [0.2, 0.25) is 0 Å². The van der Waals surface area contributed by atoms with E-state index in [-0.39, 0.29) is 6.09 Å². The fourth-order valence-electron chi connectivity index (χ4n) is 1.67. The summed E-state index contributed by atoms with van der Waals surface area (Å²) in [6, 6.07) is 1.96. The summed E-state index contributed by atoms with van der Waals surface area (Å²) in [7, 11) is 0. The number of aromatic amines is 1. The molecule has 0 unspecified atom stereocenters. The molecule has 1 aromatic rings. The van der Waals surface area contributed by atoms with E-state index in [9.17, 15) is 4.79 Å². The molecule has 1 amide bonds. The van der Waals surface area contributed by atoms with Gasteiger partial charge in [-0.1, -0.05) is 12.2 Å². The number of nitrogens with two attached hydrogens (primary N) is 1. The Labute approximate surface area is 125 Å². The molecule has 0 atom stereocenters. The van der Waals surface area contributed by atoms with Crippen molar-refractivity contribution in [2.45, 2.75) is 45.6 Å². The zero-order valence-electron chi connectivity index (χ0n) is 12.3. The minimum Gasteiger partial charge on any atom is -0.444 e. The number of alkyl carbamates (subject to hydrolysis) is 1. The predicted octanol–water partition coefficient (Wildman–Crippen LogP) is 2.50. The van der Waals surface area contributed by atoms with Crippen LogP contribution in [0.25, 0.3) is 0 Å². The highest BCUT2D eigenvalue weighted by molar-refractivity contribution is 7.80. The number of aryl methyl sites for hydroxylation is 1. The van der Waals surface area contributed by atoms with E-state index in [0.717, 1.165) is 30.5 Å². The molecule has 112 valence electrons. The minimum absolute atomic E-state index is 0.367. The van der Waals surface area contributed by atoms with Crippen LogP contribution < -0.4 is 11.1 Å². The number of H-pyrrole nitrogens is 1. The topological polar surface area (TPSA) is 80.1 Å². The first-order chi connectivity index (χ1) is 9.28. The molecule has 0 fully saturated rings. The largest absolute Gasteiger partial charge is 0.444 e. The van der Waals surface area contributed by atoms with Crippen LogP contribution in [0.1, 0.15) is 44.9 Å². The van der Waals surface area contributed by atoms with Crippen molar-refractivity contribution in [2.75, 3.05) is 6.54 Å². The van der Waals surface area contributed by atoms with Crippen LogP contribution in [0.15, 0.2) is 12.3 Å². The number of nitrogens with one attached hydrogen (secondary N) is 2. The molecule has 0 radical (unpaired) electrons. The highest BCUT2D eigenvalue weighted by atomic mass is 32.1. The van der Waals surface area contributed by atoms with Crippen LogP contribution in [0.4, 0.5) is 4.79 Å². The van der Waals surface area contributed by atoms with Gasteiger partial charge in [-0.25, -0.2) is 4.79 Å². The van der Waals surface area contributed by atoms with Gasteiger partial charge in [0.05, 0.1) is 0 Å². The van der Waals surface area contributed by atoms with Gasteiger partial charge in [0, 0.05) is 24.0 Å². The van der Waals surface area contributed by atoms with Crippen LogP contribution in [-0.4, -0.2) is 28.2 Å². The number of unbranched alkanes of at least 4 members (excludes halogenated alkanes) is 1. The summed E-state index contributed by atoms with van der Waals surface area (Å²) in [5.41, 5.74) is 7.05. The van der Waals surface area contributed by atoms with Gasteiger partial charge in [-0.05, 0) is 46.1 Å². The molecule has 5 nitrogen and oxygen atoms in total. The summed E-state index contributed by atoms with van der Waals surface area (Å²) in [5, 5.41) is 2.74. The Morgan fingerprint density at radius 3 is 2.70 bits per heavy atom. The third kappa shape index (κ3) is 6.56. The molecule has 0 spiro atoms. The predicted molar refractivity (Wildman–Crippen MR) is 83.9 cm³/mol. The standard InChI is InChI=1S/C14H23N3O2S/c1-14(2,3)19-13(18)16-7-5-4-6-11-8-10(9-17-11)12(15)20/h8-9,17H,4-7H2,1-3H3,(H2,15,20)(H,16,18). The van der Waals surface area contributed by atoms with Crippen molar-refractivity contribution in [3.8, 4) is 0 Å². The normalized spacial score (nSPS) is 11.2. The molecular formula is C14H23N3O2S. The van der Waals surface area contributed by atoms with Crippen LogP contribution in [0.3, 0.4) is 0 Å². The zero-order valence-corrected chi connectivity index (χ0v) is 13.1. The Morgan fingerprint density at radius 2 is 2.15 bits per heavy atom. The fourth-order valence-corrected chi connectivity index (χ4v) is 1.79. The Kier molecular flexibility index (Phi) is 6.01. The zero-order chi connectivity index (χ0) is 15.2. The molecule has 1 heterocycles. The number of hydrogen-bond donors (Lipinski definition) is 3. The number of carbonyl (C=O) groups is 1. The van der Waals surface area contributed by atoms with E-state index in [4.69, 9.17) is 22.7 Å². The second-order valence-electron chi connectivity index (χ2n) is 5.66. The molecule has 0 aliphatic rings. The third-order valence-corrected chi connectivity index (χ3v) is 2.80. The van der Waals surface area contributed by atoms with Crippen LogP contribution >= 0.6 is 12.2 Å². The Morgan fingerprint density at radius 1 is 1.45 bits per heavy atom. The number of amides is 1.